The predicted molar refractivity (Wildman–Crippen MR) is 68.0 cm³/mol. The van der Waals surface area contributed by atoms with E-state index in [4.69, 9.17) is 11.6 Å². The summed E-state index contributed by atoms with van der Waals surface area (Å²) in [6.45, 7) is 2.93. The fourth-order valence-corrected chi connectivity index (χ4v) is 1.62. The van der Waals surface area contributed by atoms with E-state index in [1.807, 2.05) is 0 Å². The Labute approximate surface area is 106 Å². The number of halogens is 1. The Bertz CT molecular complexity index is 364. The molecule has 0 fully saturated rings. The molecule has 0 aromatic carbocycles. The number of aryl methyl sites for hydroxylation is 1. The Kier molecular flexibility index (Phi) is 6.00. The van der Waals surface area contributed by atoms with E-state index in [0.717, 1.165) is 30.8 Å². The highest BCUT2D eigenvalue weighted by atomic mass is 35.5. The van der Waals surface area contributed by atoms with E-state index >= 15 is 0 Å². The van der Waals surface area contributed by atoms with Crippen LogP contribution in [-0.2, 0) is 17.8 Å². The van der Waals surface area contributed by atoms with Gasteiger partial charge in [-0.25, -0.2) is 4.98 Å². The highest BCUT2D eigenvalue weighted by Gasteiger charge is 2.07. The number of rotatable bonds is 7. The molecular weight excluding hydrogens is 240 g/mol. The fraction of sp³-hybridized carbons (Fsp3) is 0.636. The molecule has 3 N–H and O–H groups in total. The topological polar surface area (TPSA) is 69.8 Å². The number of amides is 1. The van der Waals surface area contributed by atoms with Crippen molar-refractivity contribution in [3.63, 3.8) is 0 Å². The minimum absolute atomic E-state index is 0.0492. The van der Waals surface area contributed by atoms with Gasteiger partial charge < -0.3 is 15.6 Å². The largest absolute Gasteiger partial charge is 0.358 e. The Balaban J connectivity index is 2.42. The van der Waals surface area contributed by atoms with E-state index in [-0.39, 0.29) is 12.5 Å². The number of hydrogen-bond donors (Lipinski definition) is 3. The fourth-order valence-electron chi connectivity index (χ4n) is 1.41. The van der Waals surface area contributed by atoms with Crippen LogP contribution in [0, 0.1) is 0 Å². The molecule has 0 aliphatic heterocycles. The zero-order valence-corrected chi connectivity index (χ0v) is 11.0. The molecule has 0 aliphatic rings. The van der Waals surface area contributed by atoms with Gasteiger partial charge in [-0.1, -0.05) is 24.9 Å². The molecule has 0 saturated carbocycles. The molecule has 0 aliphatic carbocycles. The number of carbonyl (C=O) groups is 1. The third-order valence-electron chi connectivity index (χ3n) is 2.41. The highest BCUT2D eigenvalue weighted by molar-refractivity contribution is 6.30. The molecule has 1 rings (SSSR count). The molecule has 0 bridgehead atoms. The number of aromatic amines is 1. The second kappa shape index (κ2) is 7.29. The zero-order chi connectivity index (χ0) is 12.7. The third kappa shape index (κ3) is 4.75. The van der Waals surface area contributed by atoms with Crippen molar-refractivity contribution in [3.05, 3.63) is 16.7 Å². The van der Waals surface area contributed by atoms with Crippen molar-refractivity contribution in [2.75, 3.05) is 13.6 Å². The lowest BCUT2D eigenvalue weighted by molar-refractivity contribution is -0.119. The first-order chi connectivity index (χ1) is 8.17. The maximum absolute atomic E-state index is 11.0. The van der Waals surface area contributed by atoms with Crippen LogP contribution in [0.3, 0.4) is 0 Å². The van der Waals surface area contributed by atoms with Gasteiger partial charge in [-0.2, -0.15) is 0 Å². The minimum Gasteiger partial charge on any atom is -0.358 e. The van der Waals surface area contributed by atoms with Gasteiger partial charge in [0.2, 0.25) is 5.91 Å². The quantitative estimate of drug-likeness (QED) is 0.689. The summed E-state index contributed by atoms with van der Waals surface area (Å²) in [6, 6.07) is 0. The lowest BCUT2D eigenvalue weighted by atomic mass is 10.2. The van der Waals surface area contributed by atoms with E-state index in [1.54, 1.807) is 7.05 Å². The predicted octanol–water partition coefficient (Wildman–Crippen LogP) is 1.24. The molecule has 1 aromatic rings. The van der Waals surface area contributed by atoms with Crippen molar-refractivity contribution < 1.29 is 4.79 Å². The molecule has 17 heavy (non-hydrogen) atoms. The molecule has 1 heterocycles. The molecule has 0 unspecified atom stereocenters. The number of H-pyrrole nitrogens is 1. The van der Waals surface area contributed by atoms with Gasteiger partial charge in [-0.3, -0.25) is 4.79 Å². The first-order valence-electron chi connectivity index (χ1n) is 5.82. The first-order valence-corrected chi connectivity index (χ1v) is 6.19. The Hall–Kier alpha value is -1.07. The van der Waals surface area contributed by atoms with E-state index in [0.29, 0.717) is 11.7 Å². The number of aromatic nitrogens is 2. The number of unbranched alkanes of at least 4 members (excludes halogenated alkanes) is 1. The van der Waals surface area contributed by atoms with Crippen LogP contribution < -0.4 is 10.6 Å². The summed E-state index contributed by atoms with van der Waals surface area (Å²) in [5.41, 5.74) is 0.835. The Morgan fingerprint density at radius 1 is 1.53 bits per heavy atom. The molecule has 0 atom stereocenters. The third-order valence-corrected chi connectivity index (χ3v) is 2.72. The maximum Gasteiger partial charge on any atom is 0.233 e. The molecule has 5 nitrogen and oxygen atoms in total. The van der Waals surface area contributed by atoms with E-state index < -0.39 is 0 Å². The summed E-state index contributed by atoms with van der Waals surface area (Å²) in [5.74, 6) is 0.862. The van der Waals surface area contributed by atoms with E-state index in [1.165, 1.54) is 0 Å². The molecule has 0 spiro atoms. The van der Waals surface area contributed by atoms with Crippen molar-refractivity contribution in [2.45, 2.75) is 32.7 Å². The van der Waals surface area contributed by atoms with Gasteiger partial charge >= 0.3 is 0 Å². The van der Waals surface area contributed by atoms with Gasteiger partial charge in [0.15, 0.2) is 5.15 Å². The van der Waals surface area contributed by atoms with Crippen LogP contribution in [0.25, 0.3) is 0 Å². The molecular formula is C11H19ClN4O. The maximum atomic E-state index is 11.0. The van der Waals surface area contributed by atoms with Crippen molar-refractivity contribution in [1.29, 1.82) is 0 Å². The van der Waals surface area contributed by atoms with Crippen molar-refractivity contribution in [3.8, 4) is 0 Å². The average molecular weight is 259 g/mol. The summed E-state index contributed by atoms with van der Waals surface area (Å²) in [6.07, 6.45) is 3.13. The molecule has 96 valence electrons. The summed E-state index contributed by atoms with van der Waals surface area (Å²) in [5, 5.41) is 6.02. The van der Waals surface area contributed by atoms with Gasteiger partial charge in [-0.15, -0.1) is 0 Å². The standard InChI is InChI=1S/C11H19ClN4O/c1-3-4-5-9-15-8(11(12)16-9)6-14-7-10(17)13-2/h14H,3-7H2,1-2H3,(H,13,17)(H,15,16). The summed E-state index contributed by atoms with van der Waals surface area (Å²) >= 11 is 5.99. The SMILES string of the molecule is CCCCc1nc(Cl)c(CNCC(=O)NC)[nH]1. The second-order valence-electron chi connectivity index (χ2n) is 3.83. The van der Waals surface area contributed by atoms with E-state index in [2.05, 4.69) is 27.5 Å². The Morgan fingerprint density at radius 2 is 2.29 bits per heavy atom. The second-order valence-corrected chi connectivity index (χ2v) is 4.19. The smallest absolute Gasteiger partial charge is 0.233 e. The number of nitrogens with one attached hydrogen (secondary N) is 3. The van der Waals surface area contributed by atoms with Crippen molar-refractivity contribution in [1.82, 2.24) is 20.6 Å². The van der Waals surface area contributed by atoms with Gasteiger partial charge in [-0.05, 0) is 6.42 Å². The van der Waals surface area contributed by atoms with Crippen LogP contribution in [0.1, 0.15) is 31.3 Å². The zero-order valence-electron chi connectivity index (χ0n) is 10.3. The number of nitrogens with zero attached hydrogens (tertiary/aromatic N) is 1. The van der Waals surface area contributed by atoms with Crippen molar-refractivity contribution in [2.24, 2.45) is 0 Å². The summed E-state index contributed by atoms with van der Waals surface area (Å²) < 4.78 is 0. The van der Waals surface area contributed by atoms with Crippen LogP contribution >= 0.6 is 11.6 Å². The number of likely N-dealkylation sites (N-methyl/N-ethyl adjacent to an activating group) is 1. The van der Waals surface area contributed by atoms with Crippen LogP contribution in [0.4, 0.5) is 0 Å². The molecule has 1 amide bonds. The van der Waals surface area contributed by atoms with Crippen LogP contribution in [0.5, 0.6) is 0 Å². The first kappa shape index (κ1) is 14.0. The molecule has 1 aromatic heterocycles. The van der Waals surface area contributed by atoms with Crippen LogP contribution in [0.2, 0.25) is 5.15 Å². The summed E-state index contributed by atoms with van der Waals surface area (Å²) in [4.78, 5) is 18.4. The molecule has 0 radical (unpaired) electrons. The molecule has 0 saturated heterocycles. The van der Waals surface area contributed by atoms with Gasteiger partial charge in [0.05, 0.1) is 12.2 Å². The number of imidazole rings is 1. The minimum atomic E-state index is -0.0492. The normalized spacial score (nSPS) is 10.5. The van der Waals surface area contributed by atoms with Gasteiger partial charge in [0, 0.05) is 20.0 Å². The van der Waals surface area contributed by atoms with Crippen molar-refractivity contribution >= 4 is 17.5 Å². The van der Waals surface area contributed by atoms with Crippen LogP contribution in [-0.4, -0.2) is 29.5 Å². The number of hydrogen-bond acceptors (Lipinski definition) is 3. The number of carbonyl (C=O) groups excluding carboxylic acids is 1. The lowest BCUT2D eigenvalue weighted by Gasteiger charge is -2.01. The summed E-state index contributed by atoms with van der Waals surface area (Å²) in [7, 11) is 1.61. The van der Waals surface area contributed by atoms with Gasteiger partial charge in [0.25, 0.3) is 0 Å². The average Bonchev–Trinajstić information content (AvgIpc) is 2.67. The highest BCUT2D eigenvalue weighted by Crippen LogP contribution is 2.13. The molecule has 6 heteroatoms. The van der Waals surface area contributed by atoms with Crippen LogP contribution in [0.15, 0.2) is 0 Å². The van der Waals surface area contributed by atoms with E-state index in [9.17, 15) is 4.79 Å². The lowest BCUT2D eigenvalue weighted by Crippen LogP contribution is -2.31. The van der Waals surface area contributed by atoms with Gasteiger partial charge in [0.1, 0.15) is 5.82 Å². The Morgan fingerprint density at radius 3 is 2.94 bits per heavy atom. The monoisotopic (exact) mass is 258 g/mol.